The van der Waals surface area contributed by atoms with E-state index in [4.69, 9.17) is 4.98 Å². The smallest absolute Gasteiger partial charge is 0.250 e. The van der Waals surface area contributed by atoms with E-state index in [0.29, 0.717) is 17.8 Å². The van der Waals surface area contributed by atoms with Crippen LogP contribution in [-0.2, 0) is 0 Å². The lowest BCUT2D eigenvalue weighted by molar-refractivity contribution is 0.434. The van der Waals surface area contributed by atoms with Gasteiger partial charge in [0.2, 0.25) is 17.8 Å². The average Bonchev–Trinajstić information content (AvgIpc) is 2.78. The summed E-state index contributed by atoms with van der Waals surface area (Å²) >= 11 is 0. The molecule has 4 rings (SSSR count). The molecular formula is C24H30ClN7. The standard InChI is InChI=1S/C24H29N7.ClH/c1-17-12-14-31(15-13-17)24-28-22(26-21-11-7-8-18(2)19(21)3)27-23(29-24)30-25-16-20-9-5-4-6-10-20;/h4-11,16-17H,12-15H2,1-3H3,(H2,26,27,28,29,30);1H/b25-16+;. The van der Waals surface area contributed by atoms with Crippen molar-refractivity contribution in [2.24, 2.45) is 11.0 Å². The number of rotatable bonds is 6. The zero-order chi connectivity index (χ0) is 21.6. The second-order valence-electron chi connectivity index (χ2n) is 8.11. The third kappa shape index (κ3) is 5.95. The maximum atomic E-state index is 4.72. The van der Waals surface area contributed by atoms with Crippen molar-refractivity contribution in [1.82, 2.24) is 15.0 Å². The molecule has 0 bridgehead atoms. The maximum Gasteiger partial charge on any atom is 0.250 e. The molecule has 0 saturated carbocycles. The monoisotopic (exact) mass is 451 g/mol. The van der Waals surface area contributed by atoms with Crippen molar-refractivity contribution in [1.29, 1.82) is 0 Å². The Balaban J connectivity index is 0.00000289. The predicted octanol–water partition coefficient (Wildman–Crippen LogP) is 5.34. The van der Waals surface area contributed by atoms with Crippen LogP contribution in [0.15, 0.2) is 53.6 Å². The third-order valence-corrected chi connectivity index (χ3v) is 5.72. The molecule has 0 amide bonds. The zero-order valence-electron chi connectivity index (χ0n) is 18.7. The summed E-state index contributed by atoms with van der Waals surface area (Å²) in [5.74, 6) is 2.34. The van der Waals surface area contributed by atoms with Gasteiger partial charge in [0.1, 0.15) is 0 Å². The molecule has 1 aliphatic rings. The quantitative estimate of drug-likeness (QED) is 0.389. The third-order valence-electron chi connectivity index (χ3n) is 5.72. The van der Waals surface area contributed by atoms with E-state index >= 15 is 0 Å². The van der Waals surface area contributed by atoms with Gasteiger partial charge in [-0.25, -0.2) is 5.43 Å². The van der Waals surface area contributed by atoms with Crippen LogP contribution >= 0.6 is 12.4 Å². The molecule has 2 N–H and O–H groups in total. The summed E-state index contributed by atoms with van der Waals surface area (Å²) in [6, 6.07) is 16.1. The Bertz CT molecular complexity index is 1050. The van der Waals surface area contributed by atoms with Gasteiger partial charge in [0.25, 0.3) is 0 Å². The van der Waals surface area contributed by atoms with Gasteiger partial charge in [-0.15, -0.1) is 12.4 Å². The van der Waals surface area contributed by atoms with E-state index in [1.54, 1.807) is 6.21 Å². The Kier molecular flexibility index (Phi) is 8.00. The number of aromatic nitrogens is 3. The van der Waals surface area contributed by atoms with E-state index in [2.05, 4.69) is 57.5 Å². The molecule has 1 saturated heterocycles. The number of hydrazone groups is 1. The lowest BCUT2D eigenvalue weighted by Gasteiger charge is -2.30. The van der Waals surface area contributed by atoms with Crippen molar-refractivity contribution >= 4 is 42.2 Å². The Morgan fingerprint density at radius 3 is 2.41 bits per heavy atom. The number of anilines is 4. The van der Waals surface area contributed by atoms with Crippen molar-refractivity contribution in [3.05, 3.63) is 65.2 Å². The van der Waals surface area contributed by atoms with Crippen LogP contribution in [0, 0.1) is 19.8 Å². The SMILES string of the molecule is Cc1cccc(Nc2nc(N/N=C/c3ccccc3)nc(N3CCC(C)CC3)n2)c1C.Cl. The Morgan fingerprint density at radius 2 is 1.66 bits per heavy atom. The van der Waals surface area contributed by atoms with Gasteiger partial charge in [-0.05, 0) is 55.4 Å². The minimum absolute atomic E-state index is 0. The second-order valence-corrected chi connectivity index (χ2v) is 8.11. The molecule has 1 aliphatic heterocycles. The fourth-order valence-electron chi connectivity index (χ4n) is 3.53. The lowest BCUT2D eigenvalue weighted by atomic mass is 10.00. The van der Waals surface area contributed by atoms with Gasteiger partial charge in [0.15, 0.2) is 0 Å². The first-order valence-electron chi connectivity index (χ1n) is 10.8. The molecule has 0 atom stereocenters. The van der Waals surface area contributed by atoms with Crippen molar-refractivity contribution in [3.63, 3.8) is 0 Å². The highest BCUT2D eigenvalue weighted by molar-refractivity contribution is 5.85. The van der Waals surface area contributed by atoms with E-state index < -0.39 is 0 Å². The van der Waals surface area contributed by atoms with E-state index in [1.807, 2.05) is 42.5 Å². The summed E-state index contributed by atoms with van der Waals surface area (Å²) in [6.45, 7) is 8.37. The van der Waals surface area contributed by atoms with Gasteiger partial charge in [0, 0.05) is 18.8 Å². The van der Waals surface area contributed by atoms with Crippen LogP contribution in [0.3, 0.4) is 0 Å². The van der Waals surface area contributed by atoms with Crippen molar-refractivity contribution in [2.45, 2.75) is 33.6 Å². The van der Waals surface area contributed by atoms with Crippen LogP contribution in [-0.4, -0.2) is 34.3 Å². The molecule has 3 aromatic rings. The molecule has 8 heteroatoms. The highest BCUT2D eigenvalue weighted by Crippen LogP contribution is 2.25. The molecule has 1 fully saturated rings. The maximum absolute atomic E-state index is 4.72. The van der Waals surface area contributed by atoms with Crippen LogP contribution in [0.5, 0.6) is 0 Å². The van der Waals surface area contributed by atoms with Crippen molar-refractivity contribution < 1.29 is 0 Å². The van der Waals surface area contributed by atoms with E-state index in [-0.39, 0.29) is 12.4 Å². The van der Waals surface area contributed by atoms with Gasteiger partial charge in [-0.3, -0.25) is 0 Å². The fourth-order valence-corrected chi connectivity index (χ4v) is 3.53. The highest BCUT2D eigenvalue weighted by atomic mass is 35.5. The van der Waals surface area contributed by atoms with Crippen LogP contribution in [0.25, 0.3) is 0 Å². The minimum Gasteiger partial charge on any atom is -0.341 e. The summed E-state index contributed by atoms with van der Waals surface area (Å²) in [5, 5.41) is 7.68. The number of hydrogen-bond donors (Lipinski definition) is 2. The number of nitrogens with one attached hydrogen (secondary N) is 2. The summed E-state index contributed by atoms with van der Waals surface area (Å²) in [7, 11) is 0. The van der Waals surface area contributed by atoms with Gasteiger partial charge in [-0.1, -0.05) is 49.4 Å². The molecule has 2 heterocycles. The van der Waals surface area contributed by atoms with Gasteiger partial charge in [0.05, 0.1) is 6.21 Å². The van der Waals surface area contributed by atoms with Crippen molar-refractivity contribution in [2.75, 3.05) is 28.7 Å². The molecule has 0 unspecified atom stereocenters. The van der Waals surface area contributed by atoms with E-state index in [1.165, 1.54) is 11.1 Å². The number of halogens is 1. The topological polar surface area (TPSA) is 78.3 Å². The number of benzene rings is 2. The second kappa shape index (κ2) is 10.9. The largest absolute Gasteiger partial charge is 0.341 e. The predicted molar refractivity (Wildman–Crippen MR) is 135 cm³/mol. The number of hydrogen-bond acceptors (Lipinski definition) is 7. The van der Waals surface area contributed by atoms with E-state index in [0.717, 1.165) is 43.1 Å². The Labute approximate surface area is 195 Å². The number of piperidine rings is 1. The number of nitrogens with zero attached hydrogens (tertiary/aromatic N) is 5. The molecule has 0 radical (unpaired) electrons. The van der Waals surface area contributed by atoms with Crippen LogP contribution < -0.4 is 15.6 Å². The molecule has 32 heavy (non-hydrogen) atoms. The molecule has 1 aromatic heterocycles. The summed E-state index contributed by atoms with van der Waals surface area (Å²) in [4.78, 5) is 16.1. The summed E-state index contributed by atoms with van der Waals surface area (Å²) in [5.41, 5.74) is 7.36. The average molecular weight is 452 g/mol. The molecule has 7 nitrogen and oxygen atoms in total. The van der Waals surface area contributed by atoms with Gasteiger partial charge in [-0.2, -0.15) is 20.1 Å². The first-order chi connectivity index (χ1) is 15.1. The molecular weight excluding hydrogens is 422 g/mol. The summed E-state index contributed by atoms with van der Waals surface area (Å²) < 4.78 is 0. The van der Waals surface area contributed by atoms with Crippen LogP contribution in [0.1, 0.15) is 36.5 Å². The first-order valence-corrected chi connectivity index (χ1v) is 10.8. The van der Waals surface area contributed by atoms with E-state index in [9.17, 15) is 0 Å². The van der Waals surface area contributed by atoms with Gasteiger partial charge < -0.3 is 10.2 Å². The van der Waals surface area contributed by atoms with Crippen LogP contribution in [0.4, 0.5) is 23.5 Å². The fraction of sp³-hybridized carbons (Fsp3) is 0.333. The summed E-state index contributed by atoms with van der Waals surface area (Å²) in [6.07, 6.45) is 4.03. The Hall–Kier alpha value is -3.19. The van der Waals surface area contributed by atoms with Gasteiger partial charge >= 0.3 is 0 Å². The molecule has 168 valence electrons. The zero-order valence-corrected chi connectivity index (χ0v) is 19.6. The van der Waals surface area contributed by atoms with Crippen LogP contribution in [0.2, 0.25) is 0 Å². The molecule has 0 spiro atoms. The molecule has 2 aromatic carbocycles. The normalized spacial score (nSPS) is 14.3. The molecule has 0 aliphatic carbocycles. The Morgan fingerprint density at radius 1 is 0.938 bits per heavy atom. The highest BCUT2D eigenvalue weighted by Gasteiger charge is 2.20. The lowest BCUT2D eigenvalue weighted by Crippen LogP contribution is -2.34. The first kappa shape index (κ1) is 23.5. The number of aryl methyl sites for hydroxylation is 1. The van der Waals surface area contributed by atoms with Crippen molar-refractivity contribution in [3.8, 4) is 0 Å². The minimum atomic E-state index is 0.